The summed E-state index contributed by atoms with van der Waals surface area (Å²) in [6, 6.07) is 0. The molecule has 0 N–H and O–H groups in total. The van der Waals surface area contributed by atoms with E-state index in [9.17, 15) is 4.79 Å². The zero-order valence-corrected chi connectivity index (χ0v) is 10.2. The molecule has 1 unspecified atom stereocenters. The molecule has 1 fully saturated rings. The van der Waals surface area contributed by atoms with E-state index in [4.69, 9.17) is 9.47 Å². The number of hydrogen-bond donors (Lipinski definition) is 0. The molecular weight excluding hydrogens is 218 g/mol. The fourth-order valence-corrected chi connectivity index (χ4v) is 2.56. The Kier molecular flexibility index (Phi) is 3.17. The monoisotopic (exact) mass is 235 g/mol. The van der Waals surface area contributed by atoms with Crippen LogP contribution in [0.4, 0.5) is 0 Å². The Labute approximate surface area is 101 Å². The zero-order valence-electron chi connectivity index (χ0n) is 10.2. The first-order valence-electron chi connectivity index (χ1n) is 5.61. The Morgan fingerprint density at radius 1 is 1.59 bits per heavy atom. The summed E-state index contributed by atoms with van der Waals surface area (Å²) < 4.78 is 10.8. The number of amides is 1. The Morgan fingerprint density at radius 2 is 2.29 bits per heavy atom. The van der Waals surface area contributed by atoms with Crippen molar-refractivity contribution < 1.29 is 14.3 Å². The number of allylic oxidation sites excluding steroid dienone is 3. The molecule has 2 aliphatic rings. The van der Waals surface area contributed by atoms with Gasteiger partial charge in [-0.25, -0.2) is 0 Å². The minimum Gasteiger partial charge on any atom is -0.345 e. The third kappa shape index (κ3) is 1.56. The van der Waals surface area contributed by atoms with Gasteiger partial charge in [-0.15, -0.1) is 6.58 Å². The van der Waals surface area contributed by atoms with Crippen LogP contribution < -0.4 is 0 Å². The Morgan fingerprint density at radius 3 is 2.88 bits per heavy atom. The van der Waals surface area contributed by atoms with Crippen LogP contribution in [0.25, 0.3) is 0 Å². The molecule has 4 heteroatoms. The highest BCUT2D eigenvalue weighted by Crippen LogP contribution is 2.43. The quantitative estimate of drug-likeness (QED) is 0.547. The van der Waals surface area contributed by atoms with Crippen LogP contribution in [0, 0.1) is 5.92 Å². The molecule has 1 atom stereocenters. The van der Waals surface area contributed by atoms with E-state index in [1.807, 2.05) is 18.2 Å². The number of methoxy groups -OCH3 is 2. The number of rotatable bonds is 4. The average molecular weight is 235 g/mol. The Bertz CT molecular complexity index is 393. The van der Waals surface area contributed by atoms with Crippen LogP contribution in [0.15, 0.2) is 36.6 Å². The van der Waals surface area contributed by atoms with Gasteiger partial charge in [0.1, 0.15) is 0 Å². The predicted octanol–water partition coefficient (Wildman–Crippen LogP) is 1.46. The van der Waals surface area contributed by atoms with Crippen molar-refractivity contribution in [2.45, 2.75) is 12.2 Å². The lowest BCUT2D eigenvalue weighted by Crippen LogP contribution is -2.47. The van der Waals surface area contributed by atoms with E-state index in [0.29, 0.717) is 6.54 Å². The van der Waals surface area contributed by atoms with E-state index in [0.717, 1.165) is 12.1 Å². The second-order valence-electron chi connectivity index (χ2n) is 4.09. The summed E-state index contributed by atoms with van der Waals surface area (Å²) in [6.45, 7) is 4.15. The Hall–Kier alpha value is -1.39. The first-order valence-corrected chi connectivity index (χ1v) is 5.61. The van der Waals surface area contributed by atoms with Crippen LogP contribution in [0.3, 0.4) is 0 Å². The highest BCUT2D eigenvalue weighted by atomic mass is 16.7. The van der Waals surface area contributed by atoms with Crippen molar-refractivity contribution in [3.8, 4) is 0 Å². The van der Waals surface area contributed by atoms with E-state index in [1.54, 1.807) is 11.0 Å². The Balaban J connectivity index is 2.45. The molecule has 1 amide bonds. The van der Waals surface area contributed by atoms with Gasteiger partial charge in [-0.2, -0.15) is 0 Å². The molecule has 1 aliphatic carbocycles. The van der Waals surface area contributed by atoms with Gasteiger partial charge in [0.15, 0.2) is 0 Å². The molecular formula is C13H17NO3. The van der Waals surface area contributed by atoms with Crippen molar-refractivity contribution >= 4 is 5.91 Å². The van der Waals surface area contributed by atoms with Gasteiger partial charge in [0.2, 0.25) is 0 Å². The molecule has 92 valence electrons. The normalized spacial score (nSPS) is 25.8. The smallest absolute Gasteiger partial charge is 0.288 e. The number of carbonyl (C=O) groups excluding carboxylic acids is 1. The highest BCUT2D eigenvalue weighted by Gasteiger charge is 2.57. The van der Waals surface area contributed by atoms with Gasteiger partial charge < -0.3 is 14.4 Å². The van der Waals surface area contributed by atoms with Gasteiger partial charge in [0.25, 0.3) is 11.7 Å². The maximum Gasteiger partial charge on any atom is 0.288 e. The lowest BCUT2D eigenvalue weighted by molar-refractivity contribution is -0.219. The minimum atomic E-state index is -1.18. The first kappa shape index (κ1) is 12.1. The maximum absolute atomic E-state index is 12.4. The van der Waals surface area contributed by atoms with Gasteiger partial charge in [0.05, 0.1) is 5.92 Å². The van der Waals surface area contributed by atoms with E-state index in [1.165, 1.54) is 14.2 Å². The number of likely N-dealkylation sites (tertiary alicyclic amines) is 1. The fourth-order valence-electron chi connectivity index (χ4n) is 2.56. The molecule has 0 aromatic carbocycles. The van der Waals surface area contributed by atoms with Crippen LogP contribution in [0.1, 0.15) is 6.42 Å². The largest absolute Gasteiger partial charge is 0.345 e. The number of carbonyl (C=O) groups is 1. The molecule has 0 radical (unpaired) electrons. The molecule has 0 aromatic rings. The molecule has 0 bridgehead atoms. The van der Waals surface area contributed by atoms with Crippen LogP contribution >= 0.6 is 0 Å². The highest BCUT2D eigenvalue weighted by molar-refractivity contribution is 5.90. The van der Waals surface area contributed by atoms with E-state index in [2.05, 4.69) is 6.58 Å². The number of ether oxygens (including phenoxy) is 2. The summed E-state index contributed by atoms with van der Waals surface area (Å²) in [4.78, 5) is 14.1. The molecule has 4 nitrogen and oxygen atoms in total. The maximum atomic E-state index is 12.4. The van der Waals surface area contributed by atoms with Crippen molar-refractivity contribution in [3.05, 3.63) is 36.6 Å². The third-order valence-corrected chi connectivity index (χ3v) is 3.36. The van der Waals surface area contributed by atoms with Crippen molar-refractivity contribution in [2.24, 2.45) is 5.92 Å². The predicted molar refractivity (Wildman–Crippen MR) is 64.0 cm³/mol. The summed E-state index contributed by atoms with van der Waals surface area (Å²) in [7, 11) is 3.02. The third-order valence-electron chi connectivity index (χ3n) is 3.36. The van der Waals surface area contributed by atoms with Crippen molar-refractivity contribution in [1.82, 2.24) is 4.90 Å². The molecule has 1 heterocycles. The average Bonchev–Trinajstić information content (AvgIpc) is 2.61. The summed E-state index contributed by atoms with van der Waals surface area (Å²) in [6.07, 6.45) is 8.36. The van der Waals surface area contributed by atoms with Crippen LogP contribution in [-0.2, 0) is 14.3 Å². The molecule has 0 aromatic heterocycles. The van der Waals surface area contributed by atoms with Gasteiger partial charge >= 0.3 is 0 Å². The number of hydrogen-bond acceptors (Lipinski definition) is 3. The summed E-state index contributed by atoms with van der Waals surface area (Å²) in [5, 5.41) is 0. The number of fused-ring (bicyclic) bond motifs is 1. The lowest BCUT2D eigenvalue weighted by Gasteiger charge is -2.29. The fraction of sp³-hybridized carbons (Fsp3) is 0.462. The molecule has 17 heavy (non-hydrogen) atoms. The summed E-state index contributed by atoms with van der Waals surface area (Å²) in [5.74, 6) is -1.41. The molecule has 1 saturated heterocycles. The van der Waals surface area contributed by atoms with E-state index < -0.39 is 5.79 Å². The standard InChI is InChI=1S/C13H17NO3/c1-4-9-14-11-8-6-5-7-10(11)13(16-2,17-3)12(14)15/h4-6,8,10H,1,7,9H2,2-3H3. The molecule has 1 aliphatic heterocycles. The van der Waals surface area contributed by atoms with Gasteiger partial charge in [0, 0.05) is 26.5 Å². The topological polar surface area (TPSA) is 38.8 Å². The lowest BCUT2D eigenvalue weighted by atomic mass is 9.91. The van der Waals surface area contributed by atoms with Crippen molar-refractivity contribution in [3.63, 3.8) is 0 Å². The summed E-state index contributed by atoms with van der Waals surface area (Å²) in [5.41, 5.74) is 0.945. The van der Waals surface area contributed by atoms with Crippen molar-refractivity contribution in [1.29, 1.82) is 0 Å². The SMILES string of the molecule is C=CCN1C(=O)C(OC)(OC)C2CC=CC=C21. The molecule has 0 saturated carbocycles. The first-order chi connectivity index (χ1) is 8.21. The number of nitrogens with zero attached hydrogens (tertiary/aromatic N) is 1. The van der Waals surface area contributed by atoms with E-state index in [-0.39, 0.29) is 11.8 Å². The molecule has 2 rings (SSSR count). The minimum absolute atomic E-state index is 0.0741. The van der Waals surface area contributed by atoms with Crippen molar-refractivity contribution in [2.75, 3.05) is 20.8 Å². The second-order valence-corrected chi connectivity index (χ2v) is 4.09. The van der Waals surface area contributed by atoms with Gasteiger partial charge in [-0.1, -0.05) is 18.2 Å². The van der Waals surface area contributed by atoms with Gasteiger partial charge in [-0.3, -0.25) is 4.79 Å². The summed E-state index contributed by atoms with van der Waals surface area (Å²) >= 11 is 0. The molecule has 0 spiro atoms. The second kappa shape index (κ2) is 4.47. The zero-order chi connectivity index (χ0) is 12.5. The van der Waals surface area contributed by atoms with Crippen LogP contribution in [0.5, 0.6) is 0 Å². The van der Waals surface area contributed by atoms with E-state index >= 15 is 0 Å². The van der Waals surface area contributed by atoms with Crippen LogP contribution in [0.2, 0.25) is 0 Å². The van der Waals surface area contributed by atoms with Crippen LogP contribution in [-0.4, -0.2) is 37.4 Å². The van der Waals surface area contributed by atoms with Gasteiger partial charge in [-0.05, 0) is 12.5 Å².